The van der Waals surface area contributed by atoms with Crippen LogP contribution in [0.15, 0.2) is 42.5 Å². The standard InChI is InChI=1S/C20H21N3O5/c1-11(22-20(26)27-2)18(24)23-12-7-8-15-13-5-3-4-6-14(13)17(16(15)9-12)10-28-19(21)25/h3-9,11,17H,10H2,1-2H3,(H2,21,25)(H,22,26)(H,23,24). The number of carbonyl (C=O) groups excluding carboxylic acids is 3. The van der Waals surface area contributed by atoms with E-state index in [1.807, 2.05) is 36.4 Å². The molecule has 0 aromatic heterocycles. The Morgan fingerprint density at radius 3 is 2.54 bits per heavy atom. The van der Waals surface area contributed by atoms with Crippen molar-refractivity contribution in [2.75, 3.05) is 19.0 Å². The van der Waals surface area contributed by atoms with Crippen LogP contribution in [-0.2, 0) is 14.3 Å². The van der Waals surface area contributed by atoms with Crippen LogP contribution in [0.1, 0.15) is 24.0 Å². The summed E-state index contributed by atoms with van der Waals surface area (Å²) in [6, 6.07) is 12.6. The zero-order valence-electron chi connectivity index (χ0n) is 15.5. The molecule has 8 heteroatoms. The van der Waals surface area contributed by atoms with E-state index >= 15 is 0 Å². The van der Waals surface area contributed by atoms with E-state index in [4.69, 9.17) is 10.5 Å². The average Bonchev–Trinajstić information content (AvgIpc) is 2.99. The third-order valence-corrected chi connectivity index (χ3v) is 4.63. The van der Waals surface area contributed by atoms with Crippen LogP contribution in [0.4, 0.5) is 15.3 Å². The van der Waals surface area contributed by atoms with Crippen molar-refractivity contribution in [1.82, 2.24) is 5.32 Å². The number of hydrogen-bond donors (Lipinski definition) is 3. The van der Waals surface area contributed by atoms with Crippen molar-refractivity contribution in [2.24, 2.45) is 5.73 Å². The van der Waals surface area contributed by atoms with Crippen molar-refractivity contribution in [2.45, 2.75) is 18.9 Å². The highest BCUT2D eigenvalue weighted by Gasteiger charge is 2.30. The Morgan fingerprint density at radius 2 is 1.82 bits per heavy atom. The van der Waals surface area contributed by atoms with E-state index in [0.717, 1.165) is 22.3 Å². The summed E-state index contributed by atoms with van der Waals surface area (Å²) in [4.78, 5) is 34.7. The van der Waals surface area contributed by atoms with E-state index in [9.17, 15) is 14.4 Å². The molecule has 0 fully saturated rings. The Morgan fingerprint density at radius 1 is 1.11 bits per heavy atom. The maximum absolute atomic E-state index is 12.3. The lowest BCUT2D eigenvalue weighted by atomic mass is 9.97. The molecule has 3 rings (SSSR count). The molecule has 8 nitrogen and oxygen atoms in total. The number of amides is 3. The van der Waals surface area contributed by atoms with Crippen molar-refractivity contribution in [3.05, 3.63) is 53.6 Å². The van der Waals surface area contributed by atoms with Crippen LogP contribution in [0.3, 0.4) is 0 Å². The molecule has 1 aliphatic carbocycles. The van der Waals surface area contributed by atoms with Gasteiger partial charge in [0.15, 0.2) is 0 Å². The van der Waals surface area contributed by atoms with Gasteiger partial charge in [0.25, 0.3) is 0 Å². The molecule has 0 radical (unpaired) electrons. The van der Waals surface area contributed by atoms with Crippen LogP contribution in [0, 0.1) is 0 Å². The molecule has 0 saturated carbocycles. The average molecular weight is 383 g/mol. The molecule has 146 valence electrons. The molecule has 0 aliphatic heterocycles. The van der Waals surface area contributed by atoms with Gasteiger partial charge in [-0.25, -0.2) is 9.59 Å². The number of alkyl carbamates (subject to hydrolysis) is 1. The minimum Gasteiger partial charge on any atom is -0.453 e. The second kappa shape index (κ2) is 7.99. The predicted octanol–water partition coefficient (Wildman–Crippen LogP) is 2.58. The number of nitrogens with one attached hydrogen (secondary N) is 2. The van der Waals surface area contributed by atoms with Gasteiger partial charge in [-0.1, -0.05) is 30.3 Å². The van der Waals surface area contributed by atoms with E-state index in [-0.39, 0.29) is 18.4 Å². The van der Waals surface area contributed by atoms with Crippen molar-refractivity contribution >= 4 is 23.8 Å². The van der Waals surface area contributed by atoms with Crippen LogP contribution in [-0.4, -0.2) is 37.9 Å². The molecule has 0 heterocycles. The summed E-state index contributed by atoms with van der Waals surface area (Å²) in [7, 11) is 1.23. The number of fused-ring (bicyclic) bond motifs is 3. The Bertz CT molecular complexity index is 928. The van der Waals surface area contributed by atoms with Crippen LogP contribution < -0.4 is 16.4 Å². The van der Waals surface area contributed by atoms with Crippen molar-refractivity contribution in [3.63, 3.8) is 0 Å². The second-order valence-corrected chi connectivity index (χ2v) is 6.42. The zero-order valence-corrected chi connectivity index (χ0v) is 15.5. The first-order chi connectivity index (χ1) is 13.4. The van der Waals surface area contributed by atoms with E-state index in [2.05, 4.69) is 15.4 Å². The Hall–Kier alpha value is -3.55. The van der Waals surface area contributed by atoms with Gasteiger partial charge in [-0.15, -0.1) is 0 Å². The summed E-state index contributed by atoms with van der Waals surface area (Å²) < 4.78 is 9.54. The normalized spacial score (nSPS) is 15.0. The molecular formula is C20H21N3O5. The fraction of sp³-hybridized carbons (Fsp3) is 0.250. The molecule has 2 atom stereocenters. The lowest BCUT2D eigenvalue weighted by Crippen LogP contribution is -2.41. The van der Waals surface area contributed by atoms with Gasteiger partial charge >= 0.3 is 12.2 Å². The molecule has 2 aromatic rings. The van der Waals surface area contributed by atoms with Crippen molar-refractivity contribution in [3.8, 4) is 11.1 Å². The van der Waals surface area contributed by atoms with E-state index in [1.54, 1.807) is 13.0 Å². The number of methoxy groups -OCH3 is 1. The number of rotatable bonds is 5. The Kier molecular flexibility index (Phi) is 5.49. The first-order valence-electron chi connectivity index (χ1n) is 8.71. The molecule has 4 N–H and O–H groups in total. The van der Waals surface area contributed by atoms with Gasteiger partial charge in [0.05, 0.1) is 7.11 Å². The van der Waals surface area contributed by atoms with Gasteiger partial charge in [0, 0.05) is 11.6 Å². The molecule has 28 heavy (non-hydrogen) atoms. The van der Waals surface area contributed by atoms with Crippen LogP contribution in [0.5, 0.6) is 0 Å². The van der Waals surface area contributed by atoms with Crippen LogP contribution >= 0.6 is 0 Å². The third kappa shape index (κ3) is 3.90. The quantitative estimate of drug-likeness (QED) is 0.733. The summed E-state index contributed by atoms with van der Waals surface area (Å²) in [6.45, 7) is 1.66. The number of carbonyl (C=O) groups is 3. The molecule has 1 aliphatic rings. The van der Waals surface area contributed by atoms with Crippen molar-refractivity contribution in [1.29, 1.82) is 0 Å². The van der Waals surface area contributed by atoms with E-state index in [0.29, 0.717) is 5.69 Å². The summed E-state index contributed by atoms with van der Waals surface area (Å²) >= 11 is 0. The van der Waals surface area contributed by atoms with Gasteiger partial charge in [-0.2, -0.15) is 0 Å². The molecular weight excluding hydrogens is 362 g/mol. The lowest BCUT2D eigenvalue weighted by Gasteiger charge is -2.16. The highest BCUT2D eigenvalue weighted by molar-refractivity contribution is 5.97. The monoisotopic (exact) mass is 383 g/mol. The largest absolute Gasteiger partial charge is 0.453 e. The first-order valence-corrected chi connectivity index (χ1v) is 8.71. The number of benzene rings is 2. The lowest BCUT2D eigenvalue weighted by molar-refractivity contribution is -0.117. The topological polar surface area (TPSA) is 120 Å². The summed E-state index contributed by atoms with van der Waals surface area (Å²) in [5, 5.41) is 5.18. The zero-order chi connectivity index (χ0) is 20.3. The molecule has 3 amide bonds. The molecule has 0 spiro atoms. The maximum atomic E-state index is 12.3. The predicted molar refractivity (Wildman–Crippen MR) is 103 cm³/mol. The summed E-state index contributed by atoms with van der Waals surface area (Å²) in [5.41, 5.74) is 9.71. The number of primary amides is 1. The summed E-state index contributed by atoms with van der Waals surface area (Å²) in [5.74, 6) is -0.563. The van der Waals surface area contributed by atoms with Gasteiger partial charge in [-0.3, -0.25) is 4.79 Å². The minimum absolute atomic E-state index is 0.108. The highest BCUT2D eigenvalue weighted by atomic mass is 16.5. The Labute approximate surface area is 162 Å². The minimum atomic E-state index is -0.835. The van der Waals surface area contributed by atoms with E-state index < -0.39 is 18.2 Å². The van der Waals surface area contributed by atoms with Gasteiger partial charge in [0.2, 0.25) is 5.91 Å². The van der Waals surface area contributed by atoms with Gasteiger partial charge in [0.1, 0.15) is 12.6 Å². The summed E-state index contributed by atoms with van der Waals surface area (Å²) in [6.07, 6.45) is -1.52. The fourth-order valence-corrected chi connectivity index (χ4v) is 3.28. The second-order valence-electron chi connectivity index (χ2n) is 6.42. The number of anilines is 1. The van der Waals surface area contributed by atoms with Crippen LogP contribution in [0.25, 0.3) is 11.1 Å². The first kappa shape index (κ1) is 19.2. The van der Waals surface area contributed by atoms with Crippen LogP contribution in [0.2, 0.25) is 0 Å². The fourth-order valence-electron chi connectivity index (χ4n) is 3.28. The Balaban J connectivity index is 1.84. The number of hydrogen-bond acceptors (Lipinski definition) is 5. The van der Waals surface area contributed by atoms with E-state index in [1.165, 1.54) is 7.11 Å². The number of nitrogens with two attached hydrogens (primary N) is 1. The van der Waals surface area contributed by atoms with Gasteiger partial charge < -0.3 is 25.8 Å². The third-order valence-electron chi connectivity index (χ3n) is 4.63. The molecule has 0 bridgehead atoms. The molecule has 2 aromatic carbocycles. The number of ether oxygens (including phenoxy) is 2. The van der Waals surface area contributed by atoms with Crippen molar-refractivity contribution < 1.29 is 23.9 Å². The SMILES string of the molecule is COC(=O)NC(C)C(=O)Nc1ccc2c(c1)C(COC(N)=O)c1ccccc1-2. The maximum Gasteiger partial charge on any atom is 0.407 e. The smallest absolute Gasteiger partial charge is 0.407 e. The molecule has 0 saturated heterocycles. The molecule has 2 unspecified atom stereocenters. The highest BCUT2D eigenvalue weighted by Crippen LogP contribution is 2.45. The van der Waals surface area contributed by atoms with Gasteiger partial charge in [-0.05, 0) is 41.3 Å².